The van der Waals surface area contributed by atoms with Crippen LogP contribution in [0.4, 0.5) is 0 Å². The molecule has 2 rings (SSSR count). The van der Waals surface area contributed by atoms with E-state index in [0.29, 0.717) is 12.6 Å². The van der Waals surface area contributed by atoms with Gasteiger partial charge < -0.3 is 10.6 Å². The smallest absolute Gasteiger partial charge is 0.240 e. The first-order valence-electron chi connectivity index (χ1n) is 7.02. The molecule has 0 radical (unpaired) electrons. The maximum Gasteiger partial charge on any atom is 0.240 e. The van der Waals surface area contributed by atoms with Crippen LogP contribution in [0, 0.1) is 11.8 Å². The van der Waals surface area contributed by atoms with Crippen LogP contribution < -0.4 is 10.5 Å². The van der Waals surface area contributed by atoms with E-state index >= 15 is 0 Å². The summed E-state index contributed by atoms with van der Waals surface area (Å²) in [5, 5.41) is 0. The molecule has 0 amide bonds. The Balaban J connectivity index is 1.91. The molecular formula is C15H21N3O2S. The Morgan fingerprint density at radius 1 is 1.33 bits per heavy atom. The topological polar surface area (TPSA) is 75.4 Å². The molecule has 1 fully saturated rings. The van der Waals surface area contributed by atoms with Crippen molar-refractivity contribution in [3.05, 3.63) is 29.8 Å². The Kier molecular flexibility index (Phi) is 5.37. The second kappa shape index (κ2) is 7.05. The van der Waals surface area contributed by atoms with Gasteiger partial charge in [-0.1, -0.05) is 11.8 Å². The molecule has 0 aromatic heterocycles. The van der Waals surface area contributed by atoms with Crippen molar-refractivity contribution < 1.29 is 8.42 Å². The number of hydrogen-bond donors (Lipinski definition) is 2. The van der Waals surface area contributed by atoms with Crippen molar-refractivity contribution in [3.8, 4) is 11.8 Å². The van der Waals surface area contributed by atoms with Crippen LogP contribution in [0.25, 0.3) is 0 Å². The van der Waals surface area contributed by atoms with E-state index in [4.69, 9.17) is 5.73 Å². The van der Waals surface area contributed by atoms with Gasteiger partial charge in [0.15, 0.2) is 0 Å². The van der Waals surface area contributed by atoms with E-state index in [1.807, 2.05) is 7.05 Å². The summed E-state index contributed by atoms with van der Waals surface area (Å²) in [5.41, 5.74) is 6.05. The number of nitrogens with one attached hydrogen (secondary N) is 1. The van der Waals surface area contributed by atoms with E-state index < -0.39 is 10.0 Å². The van der Waals surface area contributed by atoms with Gasteiger partial charge in [-0.15, -0.1) is 0 Å². The zero-order valence-electron chi connectivity index (χ0n) is 12.2. The third kappa shape index (κ3) is 4.83. The van der Waals surface area contributed by atoms with Crippen molar-refractivity contribution in [2.45, 2.75) is 23.8 Å². The molecule has 6 heteroatoms. The monoisotopic (exact) mass is 307 g/mol. The summed E-state index contributed by atoms with van der Waals surface area (Å²) in [4.78, 5) is 2.45. The number of benzene rings is 1. The molecule has 21 heavy (non-hydrogen) atoms. The minimum absolute atomic E-state index is 0.259. The Hall–Kier alpha value is -1.39. The van der Waals surface area contributed by atoms with E-state index in [9.17, 15) is 8.42 Å². The van der Waals surface area contributed by atoms with Gasteiger partial charge in [-0.25, -0.2) is 13.1 Å². The van der Waals surface area contributed by atoms with Gasteiger partial charge in [-0.05, 0) is 44.2 Å². The molecule has 1 aliphatic rings. The first-order valence-corrected chi connectivity index (χ1v) is 8.50. The highest BCUT2D eigenvalue weighted by atomic mass is 32.2. The number of nitrogens with two attached hydrogens (primary N) is 1. The predicted octanol–water partition coefficient (Wildman–Crippen LogP) is 0.369. The third-order valence-electron chi connectivity index (χ3n) is 3.43. The Labute approximate surface area is 126 Å². The quantitative estimate of drug-likeness (QED) is 0.745. The lowest BCUT2D eigenvalue weighted by Gasteiger charge is -2.15. The Morgan fingerprint density at radius 3 is 2.57 bits per heavy atom. The predicted molar refractivity (Wildman–Crippen MR) is 83.2 cm³/mol. The van der Waals surface area contributed by atoms with E-state index in [1.54, 1.807) is 24.3 Å². The molecule has 1 aromatic carbocycles. The Morgan fingerprint density at radius 2 is 2.00 bits per heavy atom. The summed E-state index contributed by atoms with van der Waals surface area (Å²) in [6.45, 7) is 1.43. The van der Waals surface area contributed by atoms with Crippen molar-refractivity contribution in [2.24, 2.45) is 5.73 Å². The summed E-state index contributed by atoms with van der Waals surface area (Å²) < 4.78 is 26.9. The first kappa shape index (κ1) is 16.0. The molecule has 1 aliphatic carbocycles. The van der Waals surface area contributed by atoms with Crippen LogP contribution in [0.15, 0.2) is 29.2 Å². The lowest BCUT2D eigenvalue weighted by Crippen LogP contribution is -2.33. The molecule has 0 bridgehead atoms. The van der Waals surface area contributed by atoms with Crippen LogP contribution in [0.1, 0.15) is 18.4 Å². The van der Waals surface area contributed by atoms with Crippen LogP contribution in [-0.4, -0.2) is 46.0 Å². The number of rotatable bonds is 6. The summed E-state index contributed by atoms with van der Waals surface area (Å²) in [5.74, 6) is 5.60. The van der Waals surface area contributed by atoms with E-state index in [0.717, 1.165) is 12.1 Å². The van der Waals surface area contributed by atoms with Crippen LogP contribution in [0.3, 0.4) is 0 Å². The van der Waals surface area contributed by atoms with Crippen LogP contribution in [0.5, 0.6) is 0 Å². The number of nitrogens with zero attached hydrogens (tertiary/aromatic N) is 1. The van der Waals surface area contributed by atoms with Crippen molar-refractivity contribution >= 4 is 10.0 Å². The molecule has 1 saturated carbocycles. The molecule has 114 valence electrons. The fourth-order valence-corrected chi connectivity index (χ4v) is 3.03. The van der Waals surface area contributed by atoms with Crippen molar-refractivity contribution in [1.29, 1.82) is 0 Å². The fourth-order valence-electron chi connectivity index (χ4n) is 2.01. The summed E-state index contributed by atoms with van der Waals surface area (Å²) in [6.07, 6.45) is 2.43. The highest BCUT2D eigenvalue weighted by Gasteiger charge is 2.25. The van der Waals surface area contributed by atoms with Gasteiger partial charge >= 0.3 is 0 Å². The third-order valence-corrected chi connectivity index (χ3v) is 4.90. The van der Waals surface area contributed by atoms with Gasteiger partial charge in [-0.3, -0.25) is 0 Å². The van der Waals surface area contributed by atoms with Gasteiger partial charge in [0.2, 0.25) is 10.0 Å². The second-order valence-corrected chi connectivity index (χ2v) is 6.91. The lowest BCUT2D eigenvalue weighted by molar-refractivity contribution is 0.329. The molecule has 1 aromatic rings. The highest BCUT2D eigenvalue weighted by molar-refractivity contribution is 7.89. The second-order valence-electron chi connectivity index (χ2n) is 5.14. The van der Waals surface area contributed by atoms with Gasteiger partial charge in [0.1, 0.15) is 0 Å². The van der Waals surface area contributed by atoms with E-state index in [-0.39, 0.29) is 11.4 Å². The van der Waals surface area contributed by atoms with Crippen LogP contribution in [-0.2, 0) is 10.0 Å². The molecule has 0 heterocycles. The molecule has 0 saturated heterocycles. The minimum Gasteiger partial charge on any atom is -0.320 e. The van der Waals surface area contributed by atoms with Gasteiger partial charge in [0.25, 0.3) is 0 Å². The number of likely N-dealkylation sites (N-methyl/N-ethyl adjacent to an activating group) is 1. The van der Waals surface area contributed by atoms with Crippen molar-refractivity contribution in [1.82, 2.24) is 9.62 Å². The highest BCUT2D eigenvalue weighted by Crippen LogP contribution is 2.24. The van der Waals surface area contributed by atoms with Gasteiger partial charge in [-0.2, -0.15) is 0 Å². The summed E-state index contributed by atoms with van der Waals surface area (Å²) in [6, 6.07) is 7.14. The lowest BCUT2D eigenvalue weighted by atomic mass is 10.2. The van der Waals surface area contributed by atoms with E-state index in [2.05, 4.69) is 21.5 Å². The summed E-state index contributed by atoms with van der Waals surface area (Å²) in [7, 11) is -1.42. The van der Waals surface area contributed by atoms with Crippen LogP contribution >= 0.6 is 0 Å². The van der Waals surface area contributed by atoms with E-state index in [1.165, 1.54) is 12.8 Å². The molecule has 0 spiro atoms. The number of sulfonamides is 1. The first-order chi connectivity index (χ1) is 10.0. The summed E-state index contributed by atoms with van der Waals surface area (Å²) >= 11 is 0. The molecule has 0 aliphatic heterocycles. The number of hydrogen-bond acceptors (Lipinski definition) is 4. The SMILES string of the molecule is CN(CCNS(=O)(=O)c1ccc(C#CCN)cc1)C1CC1. The van der Waals surface area contributed by atoms with Crippen molar-refractivity contribution in [2.75, 3.05) is 26.7 Å². The maximum atomic E-state index is 12.1. The Bertz CT molecular complexity index is 625. The van der Waals surface area contributed by atoms with Crippen molar-refractivity contribution in [3.63, 3.8) is 0 Å². The zero-order chi connectivity index (χ0) is 15.3. The average Bonchev–Trinajstić information content (AvgIpc) is 3.30. The molecule has 3 N–H and O–H groups in total. The molecule has 5 nitrogen and oxygen atoms in total. The fraction of sp³-hybridized carbons (Fsp3) is 0.467. The normalized spacial score (nSPS) is 14.8. The molecule has 0 atom stereocenters. The van der Waals surface area contributed by atoms with Crippen LogP contribution in [0.2, 0.25) is 0 Å². The van der Waals surface area contributed by atoms with Gasteiger partial charge in [0.05, 0.1) is 11.4 Å². The zero-order valence-corrected chi connectivity index (χ0v) is 13.0. The molecular weight excluding hydrogens is 286 g/mol. The largest absolute Gasteiger partial charge is 0.320 e. The van der Waals surface area contributed by atoms with Gasteiger partial charge in [0, 0.05) is 24.7 Å². The minimum atomic E-state index is -3.45. The molecule has 0 unspecified atom stereocenters. The maximum absolute atomic E-state index is 12.1. The average molecular weight is 307 g/mol. The standard InChI is InChI=1S/C15H21N3O2S/c1-18(14-6-7-14)12-11-17-21(19,20)15-8-4-13(5-9-15)3-2-10-16/h4-5,8-9,14,17H,6-7,10-12,16H2,1H3.